The summed E-state index contributed by atoms with van der Waals surface area (Å²) in [5.74, 6) is -2.79. The molecule has 1 amide bonds. The van der Waals surface area contributed by atoms with Crippen molar-refractivity contribution in [2.75, 3.05) is 6.54 Å². The van der Waals surface area contributed by atoms with Gasteiger partial charge in [-0.15, -0.1) is 0 Å². The number of hydrogen-bond acceptors (Lipinski definition) is 3. The van der Waals surface area contributed by atoms with Crippen LogP contribution in [0, 0.1) is 11.2 Å². The van der Waals surface area contributed by atoms with Crippen LogP contribution in [0.2, 0.25) is 0 Å². The highest BCUT2D eigenvalue weighted by molar-refractivity contribution is 5.97. The van der Waals surface area contributed by atoms with E-state index in [2.05, 4.69) is 5.32 Å². The Morgan fingerprint density at radius 3 is 2.53 bits per heavy atom. The van der Waals surface area contributed by atoms with E-state index in [0.717, 1.165) is 18.2 Å². The standard InChI is InChI=1S/C13H16FNO4/c1-3-13(2,12(18)19)7-15-11(17)9-5-4-8(14)6-10(9)16/h4-6,16H,3,7H2,1-2H3,(H,15,17)(H,18,19). The van der Waals surface area contributed by atoms with Crippen LogP contribution in [0.15, 0.2) is 18.2 Å². The second-order valence-electron chi connectivity index (χ2n) is 4.56. The highest BCUT2D eigenvalue weighted by Gasteiger charge is 2.31. The van der Waals surface area contributed by atoms with Crippen molar-refractivity contribution in [1.29, 1.82) is 0 Å². The van der Waals surface area contributed by atoms with Crippen molar-refractivity contribution in [3.63, 3.8) is 0 Å². The molecule has 0 aliphatic rings. The van der Waals surface area contributed by atoms with Crippen molar-refractivity contribution in [3.8, 4) is 5.75 Å². The number of aromatic hydroxyl groups is 1. The molecule has 0 bridgehead atoms. The minimum absolute atomic E-state index is 0.0749. The molecule has 1 aromatic carbocycles. The second kappa shape index (κ2) is 5.69. The Labute approximate surface area is 110 Å². The first-order valence-corrected chi connectivity index (χ1v) is 5.80. The summed E-state index contributed by atoms with van der Waals surface area (Å²) in [5.41, 5.74) is -1.17. The Morgan fingerprint density at radius 2 is 2.05 bits per heavy atom. The van der Waals surface area contributed by atoms with Crippen LogP contribution in [0.25, 0.3) is 0 Å². The molecule has 0 heterocycles. The third kappa shape index (κ3) is 3.43. The van der Waals surface area contributed by atoms with E-state index in [1.165, 1.54) is 6.92 Å². The molecule has 0 aliphatic heterocycles. The van der Waals surface area contributed by atoms with Gasteiger partial charge in [0, 0.05) is 12.6 Å². The molecule has 0 saturated heterocycles. The topological polar surface area (TPSA) is 86.6 Å². The van der Waals surface area contributed by atoms with Crippen LogP contribution in [-0.4, -0.2) is 28.6 Å². The third-order valence-electron chi connectivity index (χ3n) is 3.14. The van der Waals surface area contributed by atoms with Gasteiger partial charge in [-0.05, 0) is 25.5 Å². The molecule has 0 spiro atoms. The number of amides is 1. The molecule has 0 radical (unpaired) electrons. The summed E-state index contributed by atoms with van der Waals surface area (Å²) < 4.78 is 12.8. The summed E-state index contributed by atoms with van der Waals surface area (Å²) >= 11 is 0. The Kier molecular flexibility index (Phi) is 4.47. The average Bonchev–Trinajstić information content (AvgIpc) is 2.35. The molecule has 0 aromatic heterocycles. The largest absolute Gasteiger partial charge is 0.507 e. The monoisotopic (exact) mass is 269 g/mol. The molecule has 1 atom stereocenters. The highest BCUT2D eigenvalue weighted by atomic mass is 19.1. The molecule has 1 rings (SSSR count). The van der Waals surface area contributed by atoms with E-state index >= 15 is 0 Å². The predicted octanol–water partition coefficient (Wildman–Crippen LogP) is 1.76. The SMILES string of the molecule is CCC(C)(CNC(=O)c1ccc(F)cc1O)C(=O)O. The Bertz CT molecular complexity index is 503. The first-order valence-electron chi connectivity index (χ1n) is 5.80. The lowest BCUT2D eigenvalue weighted by atomic mass is 9.87. The maximum Gasteiger partial charge on any atom is 0.311 e. The molecule has 3 N–H and O–H groups in total. The fourth-order valence-corrected chi connectivity index (χ4v) is 1.42. The Balaban J connectivity index is 2.78. The quantitative estimate of drug-likeness (QED) is 0.760. The van der Waals surface area contributed by atoms with E-state index < -0.39 is 28.9 Å². The van der Waals surface area contributed by atoms with Gasteiger partial charge < -0.3 is 15.5 Å². The van der Waals surface area contributed by atoms with Crippen LogP contribution in [0.4, 0.5) is 4.39 Å². The predicted molar refractivity (Wildman–Crippen MR) is 66.4 cm³/mol. The number of benzene rings is 1. The zero-order valence-corrected chi connectivity index (χ0v) is 10.7. The van der Waals surface area contributed by atoms with E-state index in [1.807, 2.05) is 0 Å². The number of carboxylic acid groups (broad SMARTS) is 1. The summed E-state index contributed by atoms with van der Waals surface area (Å²) in [4.78, 5) is 22.8. The number of carbonyl (C=O) groups is 2. The molecule has 104 valence electrons. The normalized spacial score (nSPS) is 13.6. The zero-order chi connectivity index (χ0) is 14.6. The number of aliphatic carboxylic acids is 1. The summed E-state index contributed by atoms with van der Waals surface area (Å²) in [5, 5.41) is 20.9. The van der Waals surface area contributed by atoms with Crippen molar-refractivity contribution < 1.29 is 24.2 Å². The molecule has 6 heteroatoms. The highest BCUT2D eigenvalue weighted by Crippen LogP contribution is 2.21. The van der Waals surface area contributed by atoms with Crippen molar-refractivity contribution in [2.24, 2.45) is 5.41 Å². The average molecular weight is 269 g/mol. The number of nitrogens with one attached hydrogen (secondary N) is 1. The summed E-state index contributed by atoms with van der Waals surface area (Å²) in [6.45, 7) is 3.14. The van der Waals surface area contributed by atoms with Crippen molar-refractivity contribution in [2.45, 2.75) is 20.3 Å². The maximum absolute atomic E-state index is 12.8. The van der Waals surface area contributed by atoms with Gasteiger partial charge in [-0.25, -0.2) is 4.39 Å². The van der Waals surface area contributed by atoms with Crippen LogP contribution < -0.4 is 5.32 Å². The van der Waals surface area contributed by atoms with Gasteiger partial charge in [-0.1, -0.05) is 6.92 Å². The van der Waals surface area contributed by atoms with E-state index in [1.54, 1.807) is 6.92 Å². The van der Waals surface area contributed by atoms with Crippen LogP contribution in [-0.2, 0) is 4.79 Å². The summed E-state index contributed by atoms with van der Waals surface area (Å²) in [6.07, 6.45) is 0.345. The van der Waals surface area contributed by atoms with Crippen molar-refractivity contribution in [3.05, 3.63) is 29.6 Å². The summed E-state index contributed by atoms with van der Waals surface area (Å²) in [6, 6.07) is 3.01. The van der Waals surface area contributed by atoms with Gasteiger partial charge in [0.2, 0.25) is 0 Å². The van der Waals surface area contributed by atoms with Gasteiger partial charge in [0.05, 0.1) is 11.0 Å². The number of carboxylic acids is 1. The number of hydrogen-bond donors (Lipinski definition) is 3. The maximum atomic E-state index is 12.8. The number of phenols is 1. The fraction of sp³-hybridized carbons (Fsp3) is 0.385. The van der Waals surface area contributed by atoms with Gasteiger partial charge in [-0.2, -0.15) is 0 Å². The van der Waals surface area contributed by atoms with Gasteiger partial charge in [0.25, 0.3) is 5.91 Å². The number of halogens is 1. The first-order chi connectivity index (χ1) is 8.80. The smallest absolute Gasteiger partial charge is 0.311 e. The lowest BCUT2D eigenvalue weighted by Gasteiger charge is -2.23. The Hall–Kier alpha value is -2.11. The minimum Gasteiger partial charge on any atom is -0.507 e. The van der Waals surface area contributed by atoms with E-state index in [9.17, 15) is 19.1 Å². The molecule has 5 nitrogen and oxygen atoms in total. The first kappa shape index (κ1) is 14.9. The lowest BCUT2D eigenvalue weighted by molar-refractivity contribution is -0.147. The number of phenolic OH excluding ortho intramolecular Hbond substituents is 1. The molecule has 0 fully saturated rings. The molecule has 19 heavy (non-hydrogen) atoms. The van der Waals surface area contributed by atoms with Crippen molar-refractivity contribution in [1.82, 2.24) is 5.32 Å². The zero-order valence-electron chi connectivity index (χ0n) is 10.7. The van der Waals surface area contributed by atoms with Gasteiger partial charge in [-0.3, -0.25) is 9.59 Å². The molecule has 0 saturated carbocycles. The van der Waals surface area contributed by atoms with E-state index in [-0.39, 0.29) is 12.1 Å². The molecule has 0 aliphatic carbocycles. The molecule has 1 aromatic rings. The van der Waals surface area contributed by atoms with E-state index in [4.69, 9.17) is 5.11 Å². The van der Waals surface area contributed by atoms with Crippen LogP contribution in [0.5, 0.6) is 5.75 Å². The molecule has 1 unspecified atom stereocenters. The van der Waals surface area contributed by atoms with Crippen LogP contribution >= 0.6 is 0 Å². The molecular weight excluding hydrogens is 253 g/mol. The van der Waals surface area contributed by atoms with Crippen molar-refractivity contribution >= 4 is 11.9 Å². The fourth-order valence-electron chi connectivity index (χ4n) is 1.42. The van der Waals surface area contributed by atoms with Crippen LogP contribution in [0.1, 0.15) is 30.6 Å². The third-order valence-corrected chi connectivity index (χ3v) is 3.14. The van der Waals surface area contributed by atoms with Gasteiger partial charge in [0.1, 0.15) is 11.6 Å². The minimum atomic E-state index is -1.08. The lowest BCUT2D eigenvalue weighted by Crippen LogP contribution is -2.40. The van der Waals surface area contributed by atoms with E-state index in [0.29, 0.717) is 6.42 Å². The summed E-state index contributed by atoms with van der Waals surface area (Å²) in [7, 11) is 0. The number of carbonyl (C=O) groups excluding carboxylic acids is 1. The van der Waals surface area contributed by atoms with Gasteiger partial charge >= 0.3 is 5.97 Å². The molecular formula is C13H16FNO4. The number of rotatable bonds is 5. The van der Waals surface area contributed by atoms with Gasteiger partial charge in [0.15, 0.2) is 0 Å². The Morgan fingerprint density at radius 1 is 1.42 bits per heavy atom. The van der Waals surface area contributed by atoms with Crippen LogP contribution in [0.3, 0.4) is 0 Å². The second-order valence-corrected chi connectivity index (χ2v) is 4.56.